The average Bonchev–Trinajstić information content (AvgIpc) is 2.41. The molecule has 21 heavy (non-hydrogen) atoms. The second-order valence-corrected chi connectivity index (χ2v) is 6.61. The Hall–Kier alpha value is -1.04. The predicted molar refractivity (Wildman–Crippen MR) is 80.5 cm³/mol. The number of alkyl halides is 3. The van der Waals surface area contributed by atoms with Gasteiger partial charge in [0, 0.05) is 11.4 Å². The van der Waals surface area contributed by atoms with Crippen LogP contribution >= 0.6 is 0 Å². The molecule has 0 spiro atoms. The van der Waals surface area contributed by atoms with E-state index in [1.54, 1.807) is 0 Å². The monoisotopic (exact) mass is 321 g/mol. The molecule has 1 aromatic rings. The van der Waals surface area contributed by atoms with Crippen molar-refractivity contribution >= 4 is 16.5 Å². The predicted octanol–water partition coefficient (Wildman–Crippen LogP) is 4.76. The molecule has 0 aliphatic rings. The summed E-state index contributed by atoms with van der Waals surface area (Å²) in [6, 6.07) is 3.02. The van der Waals surface area contributed by atoms with Crippen LogP contribution in [0.1, 0.15) is 51.0 Å². The summed E-state index contributed by atoms with van der Waals surface area (Å²) < 4.78 is 49.6. The first-order chi connectivity index (χ1) is 9.86. The Morgan fingerprint density at radius 3 is 2.29 bits per heavy atom. The van der Waals surface area contributed by atoms with Gasteiger partial charge in [-0.05, 0) is 24.6 Å². The summed E-state index contributed by atoms with van der Waals surface area (Å²) in [6.45, 7) is 2.14. The number of nitrogen functional groups attached to an aromatic ring is 1. The smallest absolute Gasteiger partial charge is 0.398 e. The topological polar surface area (TPSA) is 43.1 Å². The van der Waals surface area contributed by atoms with E-state index < -0.39 is 22.5 Å². The molecule has 0 amide bonds. The molecule has 0 aliphatic heterocycles. The normalized spacial score (nSPS) is 13.3. The highest BCUT2D eigenvalue weighted by molar-refractivity contribution is 7.85. The first-order valence-electron chi connectivity index (χ1n) is 7.21. The summed E-state index contributed by atoms with van der Waals surface area (Å²) in [7, 11) is -1.33. The summed E-state index contributed by atoms with van der Waals surface area (Å²) in [6.07, 6.45) is 2.03. The minimum absolute atomic E-state index is 0.0471. The van der Waals surface area contributed by atoms with Gasteiger partial charge in [-0.1, -0.05) is 39.0 Å². The lowest BCUT2D eigenvalue weighted by atomic mass is 10.1. The van der Waals surface area contributed by atoms with E-state index in [-0.39, 0.29) is 5.69 Å². The van der Waals surface area contributed by atoms with E-state index >= 15 is 0 Å². The lowest BCUT2D eigenvalue weighted by Gasteiger charge is -2.10. The van der Waals surface area contributed by atoms with Gasteiger partial charge < -0.3 is 5.73 Å². The largest absolute Gasteiger partial charge is 0.416 e. The van der Waals surface area contributed by atoms with Crippen molar-refractivity contribution in [2.45, 2.75) is 56.5 Å². The highest BCUT2D eigenvalue weighted by Crippen LogP contribution is 2.32. The Morgan fingerprint density at radius 2 is 1.71 bits per heavy atom. The van der Waals surface area contributed by atoms with Crippen LogP contribution in [0.2, 0.25) is 0 Å². The van der Waals surface area contributed by atoms with E-state index in [2.05, 4.69) is 6.92 Å². The molecule has 0 radical (unpaired) electrons. The molecular weight excluding hydrogens is 299 g/mol. The highest BCUT2D eigenvalue weighted by Gasteiger charge is 2.31. The third-order valence-corrected chi connectivity index (χ3v) is 4.79. The van der Waals surface area contributed by atoms with Gasteiger partial charge in [-0.2, -0.15) is 13.2 Å². The molecular formula is C15H22F3NOS. The molecule has 2 N–H and O–H groups in total. The van der Waals surface area contributed by atoms with Crippen LogP contribution in [0.15, 0.2) is 23.1 Å². The van der Waals surface area contributed by atoms with Gasteiger partial charge in [0.25, 0.3) is 0 Å². The van der Waals surface area contributed by atoms with Crippen molar-refractivity contribution in [1.82, 2.24) is 0 Å². The zero-order valence-corrected chi connectivity index (χ0v) is 13.0. The van der Waals surface area contributed by atoms with E-state index in [1.165, 1.54) is 25.3 Å². The van der Waals surface area contributed by atoms with Crippen LogP contribution in [0.4, 0.5) is 18.9 Å². The van der Waals surface area contributed by atoms with Crippen LogP contribution in [-0.4, -0.2) is 9.96 Å². The van der Waals surface area contributed by atoms with Crippen LogP contribution in [-0.2, 0) is 17.0 Å². The van der Waals surface area contributed by atoms with Crippen molar-refractivity contribution < 1.29 is 17.4 Å². The molecule has 0 fully saturated rings. The number of rotatable bonds is 8. The highest BCUT2D eigenvalue weighted by atomic mass is 32.2. The van der Waals surface area contributed by atoms with E-state index in [0.717, 1.165) is 31.4 Å². The minimum Gasteiger partial charge on any atom is -0.398 e. The third kappa shape index (κ3) is 6.08. The maximum absolute atomic E-state index is 12.5. The summed E-state index contributed by atoms with van der Waals surface area (Å²) in [4.78, 5) is 0.302. The van der Waals surface area contributed by atoms with Crippen LogP contribution < -0.4 is 5.73 Å². The molecule has 120 valence electrons. The van der Waals surface area contributed by atoms with Gasteiger partial charge in [0.15, 0.2) is 0 Å². The van der Waals surface area contributed by atoms with Crippen molar-refractivity contribution in [2.24, 2.45) is 0 Å². The van der Waals surface area contributed by atoms with E-state index in [9.17, 15) is 17.4 Å². The molecule has 0 aromatic heterocycles. The molecule has 1 aromatic carbocycles. The van der Waals surface area contributed by atoms with Gasteiger partial charge in [0.1, 0.15) is 0 Å². The van der Waals surface area contributed by atoms with Crippen molar-refractivity contribution in [1.29, 1.82) is 0 Å². The molecule has 0 saturated heterocycles. The second-order valence-electron chi connectivity index (χ2n) is 5.07. The van der Waals surface area contributed by atoms with Crippen molar-refractivity contribution in [3.63, 3.8) is 0 Å². The number of anilines is 1. The zero-order valence-electron chi connectivity index (χ0n) is 12.2. The average molecular weight is 321 g/mol. The second kappa shape index (κ2) is 8.41. The van der Waals surface area contributed by atoms with Gasteiger partial charge in [-0.3, -0.25) is 4.21 Å². The van der Waals surface area contributed by atoms with E-state index in [4.69, 9.17) is 5.73 Å². The lowest BCUT2D eigenvalue weighted by Crippen LogP contribution is -2.08. The molecule has 1 atom stereocenters. The Balaban J connectivity index is 2.51. The molecule has 1 rings (SSSR count). The number of unbranched alkanes of at least 4 members (excludes halogenated alkanes) is 5. The van der Waals surface area contributed by atoms with Crippen molar-refractivity contribution in [3.05, 3.63) is 23.8 Å². The Bertz CT molecular complexity index is 474. The number of hydrogen-bond acceptors (Lipinski definition) is 2. The summed E-state index contributed by atoms with van der Waals surface area (Å²) in [5, 5.41) is 0. The molecule has 2 nitrogen and oxygen atoms in total. The summed E-state index contributed by atoms with van der Waals surface area (Å²) in [5.41, 5.74) is 4.74. The molecule has 6 heteroatoms. The molecule has 0 saturated carbocycles. The molecule has 0 heterocycles. The van der Waals surface area contributed by atoms with Gasteiger partial charge in [0.05, 0.1) is 21.3 Å². The number of nitrogens with two attached hydrogens (primary N) is 1. The number of hydrogen-bond donors (Lipinski definition) is 1. The molecule has 0 aliphatic carbocycles. The molecule has 1 unspecified atom stereocenters. The van der Waals surface area contributed by atoms with Crippen LogP contribution in [0.5, 0.6) is 0 Å². The maximum Gasteiger partial charge on any atom is 0.416 e. The van der Waals surface area contributed by atoms with Crippen molar-refractivity contribution in [3.8, 4) is 0 Å². The van der Waals surface area contributed by atoms with Gasteiger partial charge in [-0.15, -0.1) is 0 Å². The van der Waals surface area contributed by atoms with Gasteiger partial charge >= 0.3 is 6.18 Å². The zero-order chi connectivity index (χ0) is 15.9. The fourth-order valence-electron chi connectivity index (χ4n) is 2.06. The first kappa shape index (κ1) is 18.0. The van der Waals surface area contributed by atoms with E-state index in [1.807, 2.05) is 0 Å². The third-order valence-electron chi connectivity index (χ3n) is 3.27. The summed E-state index contributed by atoms with van der Waals surface area (Å²) >= 11 is 0. The SMILES string of the molecule is CCCCCCCCS(=O)c1ccc(C(F)(F)F)cc1N. The minimum atomic E-state index is -4.42. The lowest BCUT2D eigenvalue weighted by molar-refractivity contribution is -0.137. The fourth-order valence-corrected chi connectivity index (χ4v) is 3.28. The van der Waals surface area contributed by atoms with Crippen LogP contribution in [0.3, 0.4) is 0 Å². The van der Waals surface area contributed by atoms with Crippen LogP contribution in [0, 0.1) is 0 Å². The van der Waals surface area contributed by atoms with Crippen LogP contribution in [0.25, 0.3) is 0 Å². The van der Waals surface area contributed by atoms with Gasteiger partial charge in [-0.25, -0.2) is 0 Å². The number of halogens is 3. The Morgan fingerprint density at radius 1 is 1.10 bits per heavy atom. The first-order valence-corrected chi connectivity index (χ1v) is 8.53. The fraction of sp³-hybridized carbons (Fsp3) is 0.600. The quantitative estimate of drug-likeness (QED) is 0.554. The maximum atomic E-state index is 12.5. The van der Waals surface area contributed by atoms with E-state index in [0.29, 0.717) is 10.6 Å². The summed E-state index contributed by atoms with van der Waals surface area (Å²) in [5.74, 6) is 0.446. The molecule has 0 bridgehead atoms. The number of benzene rings is 1. The standard InChI is InChI=1S/C15H22F3NOS/c1-2-3-4-5-6-7-10-21(20)14-9-8-12(11-13(14)19)15(16,17)18/h8-9,11H,2-7,10,19H2,1H3. The van der Waals surface area contributed by atoms with Crippen molar-refractivity contribution in [2.75, 3.05) is 11.5 Å². The Labute approximate surface area is 126 Å². The Kier molecular flexibility index (Phi) is 7.22. The van der Waals surface area contributed by atoms with Gasteiger partial charge in [0.2, 0.25) is 0 Å².